The highest BCUT2D eigenvalue weighted by molar-refractivity contribution is 6.05. The van der Waals surface area contributed by atoms with Crippen LogP contribution in [0.3, 0.4) is 0 Å². The molecule has 2 aromatic rings. The molecule has 0 saturated carbocycles. The second-order valence-electron chi connectivity index (χ2n) is 5.74. The number of benzene rings is 1. The standard InChI is InChI=1S/C16H18O4/c1-5-10-6-9-7-12-11(8-16(2,3)20-12)13(14(9)19-10)15(17)18-4/h6-7H,5,8H2,1-4H3. The molecule has 0 aliphatic carbocycles. The normalized spacial score (nSPS) is 16.0. The molecular formula is C16H18O4. The monoisotopic (exact) mass is 274 g/mol. The summed E-state index contributed by atoms with van der Waals surface area (Å²) >= 11 is 0. The van der Waals surface area contributed by atoms with E-state index >= 15 is 0 Å². The molecule has 0 fully saturated rings. The SMILES string of the molecule is CCc1cc2cc3c(c(C(=O)OC)c2o1)CC(C)(C)O3. The van der Waals surface area contributed by atoms with Crippen LogP contribution in [0.1, 0.15) is 42.5 Å². The fourth-order valence-corrected chi connectivity index (χ4v) is 2.77. The average molecular weight is 274 g/mol. The minimum absolute atomic E-state index is 0.308. The van der Waals surface area contributed by atoms with Crippen molar-refractivity contribution in [1.29, 1.82) is 0 Å². The molecule has 1 aromatic carbocycles. The Kier molecular flexibility index (Phi) is 2.78. The number of methoxy groups -OCH3 is 1. The van der Waals surface area contributed by atoms with Crippen LogP contribution < -0.4 is 4.74 Å². The summed E-state index contributed by atoms with van der Waals surface area (Å²) in [7, 11) is 1.39. The van der Waals surface area contributed by atoms with Crippen molar-refractivity contribution in [3.05, 3.63) is 29.0 Å². The van der Waals surface area contributed by atoms with Crippen molar-refractivity contribution in [2.75, 3.05) is 7.11 Å². The zero-order valence-corrected chi connectivity index (χ0v) is 12.2. The van der Waals surface area contributed by atoms with Gasteiger partial charge in [-0.1, -0.05) is 6.92 Å². The summed E-state index contributed by atoms with van der Waals surface area (Å²) in [6.07, 6.45) is 1.46. The van der Waals surface area contributed by atoms with Crippen molar-refractivity contribution >= 4 is 16.9 Å². The van der Waals surface area contributed by atoms with Crippen molar-refractivity contribution in [2.24, 2.45) is 0 Å². The lowest BCUT2D eigenvalue weighted by molar-refractivity contribution is 0.0600. The Morgan fingerprint density at radius 3 is 2.80 bits per heavy atom. The summed E-state index contributed by atoms with van der Waals surface area (Å²) in [6.45, 7) is 6.03. The molecule has 0 atom stereocenters. The summed E-state index contributed by atoms with van der Waals surface area (Å²) in [5, 5.41) is 0.888. The molecule has 1 aliphatic rings. The van der Waals surface area contributed by atoms with Gasteiger partial charge >= 0.3 is 5.97 Å². The zero-order chi connectivity index (χ0) is 14.5. The molecule has 0 unspecified atom stereocenters. The molecule has 1 aromatic heterocycles. The Morgan fingerprint density at radius 1 is 1.40 bits per heavy atom. The average Bonchev–Trinajstić information content (AvgIpc) is 2.92. The van der Waals surface area contributed by atoms with E-state index in [1.807, 2.05) is 32.9 Å². The van der Waals surface area contributed by atoms with Crippen LogP contribution in [0.2, 0.25) is 0 Å². The predicted octanol–water partition coefficient (Wildman–Crippen LogP) is 3.50. The smallest absolute Gasteiger partial charge is 0.342 e. The molecule has 0 saturated heterocycles. The summed E-state index contributed by atoms with van der Waals surface area (Å²) in [5.41, 5.74) is 1.68. The summed E-state index contributed by atoms with van der Waals surface area (Å²) < 4.78 is 16.7. The Morgan fingerprint density at radius 2 is 2.15 bits per heavy atom. The first-order valence-electron chi connectivity index (χ1n) is 6.81. The number of hydrogen-bond donors (Lipinski definition) is 0. The maximum atomic E-state index is 12.2. The molecule has 0 bridgehead atoms. The van der Waals surface area contributed by atoms with Gasteiger partial charge in [0.1, 0.15) is 28.3 Å². The quantitative estimate of drug-likeness (QED) is 0.786. The molecule has 4 nitrogen and oxygen atoms in total. The topological polar surface area (TPSA) is 48.7 Å². The van der Waals surface area contributed by atoms with E-state index in [0.29, 0.717) is 17.6 Å². The number of ether oxygens (including phenoxy) is 2. The number of rotatable bonds is 2. The van der Waals surface area contributed by atoms with Gasteiger partial charge in [-0.3, -0.25) is 0 Å². The maximum Gasteiger partial charge on any atom is 0.342 e. The van der Waals surface area contributed by atoms with E-state index in [9.17, 15) is 4.79 Å². The molecule has 20 heavy (non-hydrogen) atoms. The number of esters is 1. The largest absolute Gasteiger partial charge is 0.487 e. The van der Waals surface area contributed by atoms with Gasteiger partial charge in [-0.2, -0.15) is 0 Å². The summed E-state index contributed by atoms with van der Waals surface area (Å²) in [5.74, 6) is 1.24. The van der Waals surface area contributed by atoms with Gasteiger partial charge in [-0.15, -0.1) is 0 Å². The van der Waals surface area contributed by atoms with E-state index in [-0.39, 0.29) is 11.6 Å². The molecule has 3 rings (SSSR count). The molecule has 0 amide bonds. The highest BCUT2D eigenvalue weighted by atomic mass is 16.5. The number of hydrogen-bond acceptors (Lipinski definition) is 4. The Labute approximate surface area is 117 Å². The number of carbonyl (C=O) groups excluding carboxylic acids is 1. The van der Waals surface area contributed by atoms with Crippen LogP contribution in [0.5, 0.6) is 5.75 Å². The van der Waals surface area contributed by atoms with E-state index in [1.54, 1.807) is 0 Å². The first kappa shape index (κ1) is 13.0. The van der Waals surface area contributed by atoms with Gasteiger partial charge in [0.15, 0.2) is 0 Å². The number of aryl methyl sites for hydroxylation is 1. The third-order valence-corrected chi connectivity index (χ3v) is 3.65. The van der Waals surface area contributed by atoms with Gasteiger partial charge in [0.05, 0.1) is 7.11 Å². The molecule has 2 heterocycles. The van der Waals surface area contributed by atoms with E-state index in [1.165, 1.54) is 7.11 Å². The van der Waals surface area contributed by atoms with Crippen molar-refractivity contribution < 1.29 is 18.7 Å². The van der Waals surface area contributed by atoms with Crippen LogP contribution in [0.4, 0.5) is 0 Å². The fraction of sp³-hybridized carbons (Fsp3) is 0.438. The number of carbonyl (C=O) groups is 1. The zero-order valence-electron chi connectivity index (χ0n) is 12.2. The molecule has 4 heteroatoms. The van der Waals surface area contributed by atoms with E-state index in [0.717, 1.165) is 28.9 Å². The predicted molar refractivity (Wildman–Crippen MR) is 75.3 cm³/mol. The van der Waals surface area contributed by atoms with E-state index < -0.39 is 0 Å². The Bertz CT molecular complexity index is 694. The molecule has 0 N–H and O–H groups in total. The van der Waals surface area contributed by atoms with Gasteiger partial charge < -0.3 is 13.9 Å². The van der Waals surface area contributed by atoms with E-state index in [2.05, 4.69) is 0 Å². The van der Waals surface area contributed by atoms with Gasteiger partial charge in [0, 0.05) is 23.8 Å². The lowest BCUT2D eigenvalue weighted by Gasteiger charge is -2.16. The molecule has 0 radical (unpaired) electrons. The summed E-state index contributed by atoms with van der Waals surface area (Å²) in [4.78, 5) is 12.2. The molecule has 106 valence electrons. The highest BCUT2D eigenvalue weighted by Gasteiger charge is 2.36. The van der Waals surface area contributed by atoms with Crippen LogP contribution >= 0.6 is 0 Å². The Hall–Kier alpha value is -1.97. The van der Waals surface area contributed by atoms with Gasteiger partial charge in [-0.25, -0.2) is 4.79 Å². The lowest BCUT2D eigenvalue weighted by atomic mass is 9.96. The fourth-order valence-electron chi connectivity index (χ4n) is 2.77. The second-order valence-corrected chi connectivity index (χ2v) is 5.74. The number of fused-ring (bicyclic) bond motifs is 2. The van der Waals surface area contributed by atoms with Crippen LogP contribution in [0, 0.1) is 0 Å². The lowest BCUT2D eigenvalue weighted by Crippen LogP contribution is -2.25. The van der Waals surface area contributed by atoms with E-state index in [4.69, 9.17) is 13.9 Å². The third-order valence-electron chi connectivity index (χ3n) is 3.65. The molecule has 0 spiro atoms. The van der Waals surface area contributed by atoms with Crippen molar-refractivity contribution in [2.45, 2.75) is 39.2 Å². The van der Waals surface area contributed by atoms with Gasteiger partial charge in [-0.05, 0) is 26.0 Å². The van der Waals surface area contributed by atoms with Gasteiger partial charge in [0.25, 0.3) is 0 Å². The third kappa shape index (κ3) is 1.87. The van der Waals surface area contributed by atoms with Crippen LogP contribution in [-0.2, 0) is 17.6 Å². The second kappa shape index (κ2) is 4.27. The first-order valence-corrected chi connectivity index (χ1v) is 6.81. The minimum atomic E-state index is -0.370. The molecular weight excluding hydrogens is 256 g/mol. The van der Waals surface area contributed by atoms with Crippen molar-refractivity contribution in [3.63, 3.8) is 0 Å². The highest BCUT2D eigenvalue weighted by Crippen LogP contribution is 2.42. The van der Waals surface area contributed by atoms with Crippen LogP contribution in [0.25, 0.3) is 11.0 Å². The molecule has 1 aliphatic heterocycles. The maximum absolute atomic E-state index is 12.2. The van der Waals surface area contributed by atoms with Crippen LogP contribution in [-0.4, -0.2) is 18.7 Å². The van der Waals surface area contributed by atoms with Crippen LogP contribution in [0.15, 0.2) is 16.5 Å². The minimum Gasteiger partial charge on any atom is -0.487 e. The number of furan rings is 1. The van der Waals surface area contributed by atoms with Crippen molar-refractivity contribution in [3.8, 4) is 5.75 Å². The summed E-state index contributed by atoms with van der Waals surface area (Å²) in [6, 6.07) is 3.91. The Balaban J connectivity index is 2.30. The van der Waals surface area contributed by atoms with Crippen molar-refractivity contribution in [1.82, 2.24) is 0 Å². The first-order chi connectivity index (χ1) is 9.45. The van der Waals surface area contributed by atoms with Gasteiger partial charge in [0.2, 0.25) is 0 Å².